The van der Waals surface area contributed by atoms with Gasteiger partial charge in [-0.2, -0.15) is 0 Å². The number of fused-ring (bicyclic) bond motifs is 3. The number of hydrogen-bond acceptors (Lipinski definition) is 2. The van der Waals surface area contributed by atoms with Crippen LogP contribution in [0.4, 0.5) is 5.69 Å². The van der Waals surface area contributed by atoms with Crippen LogP contribution in [0.3, 0.4) is 0 Å². The van der Waals surface area contributed by atoms with Gasteiger partial charge in [-0.3, -0.25) is 4.79 Å². The molecule has 0 spiro atoms. The van der Waals surface area contributed by atoms with Gasteiger partial charge < -0.3 is 10.2 Å². The minimum atomic E-state index is 0.112. The molecular weight excluding hydrogens is 415 g/mol. The summed E-state index contributed by atoms with van der Waals surface area (Å²) < 4.78 is 0. The van der Waals surface area contributed by atoms with Crippen LogP contribution in [0.5, 0.6) is 0 Å². The molecule has 158 valence electrons. The molecule has 0 aromatic heterocycles. The van der Waals surface area contributed by atoms with Crippen LogP contribution in [-0.4, -0.2) is 23.9 Å². The molecule has 0 bridgehead atoms. The van der Waals surface area contributed by atoms with E-state index in [1.54, 1.807) is 0 Å². The molecular formula is C25H28Cl2N2O. The van der Waals surface area contributed by atoms with E-state index in [0.717, 1.165) is 49.2 Å². The van der Waals surface area contributed by atoms with Crippen LogP contribution in [0.25, 0.3) is 0 Å². The number of nitrogens with zero attached hydrogens (tertiary/aromatic N) is 1. The normalized spacial score (nSPS) is 21.7. The number of amides is 1. The zero-order chi connectivity index (χ0) is 21.3. The lowest BCUT2D eigenvalue weighted by atomic mass is 9.76. The van der Waals surface area contributed by atoms with Gasteiger partial charge in [0.25, 0.3) is 5.91 Å². The van der Waals surface area contributed by atoms with Crippen LogP contribution in [0.1, 0.15) is 66.6 Å². The molecule has 0 radical (unpaired) electrons. The van der Waals surface area contributed by atoms with Gasteiger partial charge in [0.05, 0.1) is 6.04 Å². The van der Waals surface area contributed by atoms with Crippen molar-refractivity contribution in [2.75, 3.05) is 18.4 Å². The van der Waals surface area contributed by atoms with Crippen molar-refractivity contribution in [1.29, 1.82) is 0 Å². The Morgan fingerprint density at radius 2 is 1.83 bits per heavy atom. The SMILES string of the molecule is CCCN(CCC)C(=O)c1ccc2c(c1)C1C=CCC1C(c1ccc(Cl)cc1Cl)N2. The highest BCUT2D eigenvalue weighted by Gasteiger charge is 2.39. The molecule has 0 saturated heterocycles. The molecule has 5 heteroatoms. The molecule has 2 aromatic rings. The van der Waals surface area contributed by atoms with E-state index in [-0.39, 0.29) is 17.9 Å². The van der Waals surface area contributed by atoms with E-state index in [4.69, 9.17) is 23.2 Å². The minimum absolute atomic E-state index is 0.112. The Kier molecular flexibility index (Phi) is 6.40. The van der Waals surface area contributed by atoms with Gasteiger partial charge >= 0.3 is 0 Å². The first kappa shape index (κ1) is 21.3. The van der Waals surface area contributed by atoms with E-state index in [9.17, 15) is 4.79 Å². The highest BCUT2D eigenvalue weighted by molar-refractivity contribution is 6.35. The molecule has 0 saturated carbocycles. The number of carbonyl (C=O) groups is 1. The van der Waals surface area contributed by atoms with Crippen molar-refractivity contribution in [1.82, 2.24) is 4.90 Å². The molecule has 0 fully saturated rings. The quantitative estimate of drug-likeness (QED) is 0.484. The third-order valence-electron chi connectivity index (χ3n) is 6.18. The second-order valence-electron chi connectivity index (χ2n) is 8.24. The summed E-state index contributed by atoms with van der Waals surface area (Å²) in [7, 11) is 0. The van der Waals surface area contributed by atoms with E-state index < -0.39 is 0 Å². The summed E-state index contributed by atoms with van der Waals surface area (Å²) in [5.74, 6) is 0.767. The van der Waals surface area contributed by atoms with Gasteiger partial charge in [-0.25, -0.2) is 0 Å². The molecule has 4 rings (SSSR count). The van der Waals surface area contributed by atoms with Crippen LogP contribution in [-0.2, 0) is 0 Å². The van der Waals surface area contributed by atoms with Gasteiger partial charge in [0.2, 0.25) is 0 Å². The molecule has 2 aromatic carbocycles. The maximum Gasteiger partial charge on any atom is 0.253 e. The van der Waals surface area contributed by atoms with Crippen LogP contribution < -0.4 is 5.32 Å². The van der Waals surface area contributed by atoms with E-state index in [1.807, 2.05) is 29.2 Å². The van der Waals surface area contributed by atoms with Crippen LogP contribution in [0.2, 0.25) is 10.0 Å². The molecule has 1 amide bonds. The number of anilines is 1. The van der Waals surface area contributed by atoms with Crippen molar-refractivity contribution in [2.24, 2.45) is 5.92 Å². The summed E-state index contributed by atoms with van der Waals surface area (Å²) >= 11 is 12.7. The lowest BCUT2D eigenvalue weighted by Gasteiger charge is -2.38. The summed E-state index contributed by atoms with van der Waals surface area (Å²) in [6.45, 7) is 5.82. The number of benzene rings is 2. The van der Waals surface area contributed by atoms with Crippen molar-refractivity contribution in [2.45, 2.75) is 45.1 Å². The number of carbonyl (C=O) groups excluding carboxylic acids is 1. The second kappa shape index (κ2) is 9.03. The lowest BCUT2D eigenvalue weighted by Crippen LogP contribution is -2.33. The summed E-state index contributed by atoms with van der Waals surface area (Å²) in [6.07, 6.45) is 7.45. The first-order chi connectivity index (χ1) is 14.5. The van der Waals surface area contributed by atoms with Crippen molar-refractivity contribution < 1.29 is 4.79 Å². The van der Waals surface area contributed by atoms with Crippen LogP contribution >= 0.6 is 23.2 Å². The minimum Gasteiger partial charge on any atom is -0.378 e. The zero-order valence-electron chi connectivity index (χ0n) is 17.5. The van der Waals surface area contributed by atoms with Gasteiger partial charge in [-0.05, 0) is 66.6 Å². The summed E-state index contributed by atoms with van der Waals surface area (Å²) in [4.78, 5) is 15.1. The molecule has 1 N–H and O–H groups in total. The number of halogens is 2. The molecule has 1 aliphatic carbocycles. The average Bonchev–Trinajstić information content (AvgIpc) is 3.23. The fraction of sp³-hybridized carbons (Fsp3) is 0.400. The highest BCUT2D eigenvalue weighted by Crippen LogP contribution is 2.51. The predicted octanol–water partition coefficient (Wildman–Crippen LogP) is 7.08. The first-order valence-electron chi connectivity index (χ1n) is 10.8. The van der Waals surface area contributed by atoms with Crippen LogP contribution in [0.15, 0.2) is 48.6 Å². The van der Waals surface area contributed by atoms with Crippen LogP contribution in [0, 0.1) is 5.92 Å². The third kappa shape index (κ3) is 3.98. The van der Waals surface area contributed by atoms with Crippen molar-refractivity contribution >= 4 is 34.8 Å². The Morgan fingerprint density at radius 3 is 2.53 bits per heavy atom. The highest BCUT2D eigenvalue weighted by atomic mass is 35.5. The van der Waals surface area contributed by atoms with E-state index >= 15 is 0 Å². The first-order valence-corrected chi connectivity index (χ1v) is 11.6. The fourth-order valence-corrected chi connectivity index (χ4v) is 5.35. The Hall–Kier alpha value is -1.97. The third-order valence-corrected chi connectivity index (χ3v) is 6.74. The summed E-state index contributed by atoms with van der Waals surface area (Å²) in [5.41, 5.74) is 4.13. The smallest absolute Gasteiger partial charge is 0.253 e. The maximum absolute atomic E-state index is 13.1. The number of rotatable bonds is 6. The standard InChI is InChI=1S/C25H28Cl2N2O/c1-3-12-29(13-4-2)25(30)16-8-11-23-21(14-16)18-6-5-7-19(18)24(28-23)20-10-9-17(26)15-22(20)27/h5-6,8-11,14-15,18-19,24,28H,3-4,7,12-13H2,1-2H3. The zero-order valence-corrected chi connectivity index (χ0v) is 19.0. The lowest BCUT2D eigenvalue weighted by molar-refractivity contribution is 0.0755. The summed E-state index contributed by atoms with van der Waals surface area (Å²) in [5, 5.41) is 5.03. The molecule has 2 aliphatic rings. The monoisotopic (exact) mass is 442 g/mol. The van der Waals surface area contributed by atoms with E-state index in [0.29, 0.717) is 16.0 Å². The van der Waals surface area contributed by atoms with Crippen molar-refractivity contribution in [3.05, 3.63) is 75.3 Å². The Morgan fingerprint density at radius 1 is 1.07 bits per heavy atom. The topological polar surface area (TPSA) is 32.3 Å². The van der Waals surface area contributed by atoms with E-state index in [2.05, 4.69) is 43.4 Å². The van der Waals surface area contributed by atoms with Gasteiger partial charge in [0.1, 0.15) is 0 Å². The Bertz CT molecular complexity index is 966. The van der Waals surface area contributed by atoms with Gasteiger partial charge in [-0.1, -0.05) is 55.3 Å². The molecule has 3 unspecified atom stereocenters. The molecule has 1 heterocycles. The fourth-order valence-electron chi connectivity index (χ4n) is 4.83. The van der Waals surface area contributed by atoms with Gasteiger partial charge in [0, 0.05) is 40.3 Å². The molecule has 30 heavy (non-hydrogen) atoms. The number of hydrogen-bond donors (Lipinski definition) is 1. The number of nitrogens with one attached hydrogen (secondary N) is 1. The largest absolute Gasteiger partial charge is 0.378 e. The Labute approximate surface area is 189 Å². The van der Waals surface area contributed by atoms with Gasteiger partial charge in [0.15, 0.2) is 0 Å². The molecule has 1 aliphatic heterocycles. The molecule has 3 atom stereocenters. The second-order valence-corrected chi connectivity index (χ2v) is 9.08. The van der Waals surface area contributed by atoms with Crippen molar-refractivity contribution in [3.8, 4) is 0 Å². The number of allylic oxidation sites excluding steroid dienone is 2. The maximum atomic E-state index is 13.1. The molecule has 3 nitrogen and oxygen atoms in total. The summed E-state index contributed by atoms with van der Waals surface area (Å²) in [6, 6.07) is 11.9. The average molecular weight is 443 g/mol. The van der Waals surface area contributed by atoms with Gasteiger partial charge in [-0.15, -0.1) is 0 Å². The Balaban J connectivity index is 1.67. The van der Waals surface area contributed by atoms with E-state index in [1.165, 1.54) is 5.56 Å². The predicted molar refractivity (Wildman–Crippen MR) is 126 cm³/mol. The van der Waals surface area contributed by atoms with Crippen molar-refractivity contribution in [3.63, 3.8) is 0 Å².